The molecule has 2 unspecified atom stereocenters. The Kier molecular flexibility index (Phi) is 5.74. The molecule has 2 atom stereocenters. The van der Waals surface area contributed by atoms with Gasteiger partial charge in [-0.15, -0.1) is 0 Å². The molecule has 2 aromatic rings. The van der Waals surface area contributed by atoms with Gasteiger partial charge in [-0.25, -0.2) is 12.7 Å². The molecule has 0 aliphatic carbocycles. The molecule has 174 valence electrons. The Hall–Kier alpha value is -2.17. The molecule has 4 rings (SSSR count). The van der Waals surface area contributed by atoms with Gasteiger partial charge in [0.05, 0.1) is 18.0 Å². The fraction of sp³-hybridized carbons (Fsp3) is 0.500. The van der Waals surface area contributed by atoms with E-state index in [-0.39, 0.29) is 25.6 Å². The summed E-state index contributed by atoms with van der Waals surface area (Å²) in [6.07, 6.45) is -2.57. The van der Waals surface area contributed by atoms with Crippen molar-refractivity contribution in [3.05, 3.63) is 59.4 Å². The summed E-state index contributed by atoms with van der Waals surface area (Å²) >= 11 is 0. The number of hydrogen-bond acceptors (Lipinski definition) is 5. The third-order valence-corrected chi connectivity index (χ3v) is 6.89. The molecule has 2 aliphatic heterocycles. The van der Waals surface area contributed by atoms with E-state index in [2.05, 4.69) is 9.88 Å². The number of pyridine rings is 1. The van der Waals surface area contributed by atoms with Crippen LogP contribution in [-0.2, 0) is 22.7 Å². The number of rotatable bonds is 6. The highest BCUT2D eigenvalue weighted by Gasteiger charge is 2.31. The van der Waals surface area contributed by atoms with Gasteiger partial charge >= 0.3 is 6.18 Å². The van der Waals surface area contributed by atoms with E-state index in [0.29, 0.717) is 31.1 Å². The van der Waals surface area contributed by atoms with Gasteiger partial charge in [-0.2, -0.15) is 13.2 Å². The van der Waals surface area contributed by atoms with Crippen LogP contribution >= 0.6 is 0 Å². The standard InChI is InChI=1S/C22H26F3N3O3S/c1-32(29,30)28-10-8-17(9-11-28)21-7-6-19(12-26-21)31-20-14-27(15-20)13-16-2-4-18(5-3-16)22(23,24)25/h2-7,12,17,20H,8-11,13-15H2,1H3/i8D,17D. The summed E-state index contributed by atoms with van der Waals surface area (Å²) in [4.78, 5) is 6.40. The predicted molar refractivity (Wildman–Crippen MR) is 114 cm³/mol. The topological polar surface area (TPSA) is 62.7 Å². The number of halogens is 3. The van der Waals surface area contributed by atoms with E-state index >= 15 is 0 Å². The second-order valence-corrected chi connectivity index (χ2v) is 10.1. The lowest BCUT2D eigenvalue weighted by atomic mass is 9.94. The number of sulfonamides is 1. The second kappa shape index (κ2) is 8.99. The summed E-state index contributed by atoms with van der Waals surface area (Å²) in [6.45, 7) is 1.92. The molecule has 0 N–H and O–H groups in total. The number of benzene rings is 1. The lowest BCUT2D eigenvalue weighted by molar-refractivity contribution is -0.137. The summed E-state index contributed by atoms with van der Waals surface area (Å²) in [5.74, 6) is -0.768. The minimum atomic E-state index is -4.34. The molecule has 2 saturated heterocycles. The zero-order valence-electron chi connectivity index (χ0n) is 19.5. The van der Waals surface area contributed by atoms with Crippen molar-refractivity contribution in [1.29, 1.82) is 0 Å². The van der Waals surface area contributed by atoms with Crippen LogP contribution in [0.3, 0.4) is 0 Å². The molecule has 3 heterocycles. The van der Waals surface area contributed by atoms with Crippen molar-refractivity contribution in [3.8, 4) is 5.75 Å². The Morgan fingerprint density at radius 3 is 2.47 bits per heavy atom. The van der Waals surface area contributed by atoms with Gasteiger partial charge < -0.3 is 4.74 Å². The van der Waals surface area contributed by atoms with Gasteiger partial charge in [-0.05, 0) is 42.6 Å². The van der Waals surface area contributed by atoms with Gasteiger partial charge in [0.15, 0.2) is 0 Å². The van der Waals surface area contributed by atoms with Gasteiger partial charge in [-0.3, -0.25) is 9.88 Å². The molecule has 0 bridgehead atoms. The Morgan fingerprint density at radius 1 is 1.19 bits per heavy atom. The monoisotopic (exact) mass is 471 g/mol. The van der Waals surface area contributed by atoms with E-state index in [4.69, 9.17) is 7.48 Å². The maximum Gasteiger partial charge on any atom is 0.416 e. The predicted octanol–water partition coefficient (Wildman–Crippen LogP) is 3.50. The number of ether oxygens (including phenoxy) is 1. The molecule has 1 aromatic carbocycles. The minimum absolute atomic E-state index is 0.0426. The van der Waals surface area contributed by atoms with Gasteiger partial charge in [0.2, 0.25) is 10.0 Å². The third kappa shape index (κ3) is 5.60. The first-order chi connectivity index (χ1) is 15.8. The second-order valence-electron chi connectivity index (χ2n) is 8.11. The van der Waals surface area contributed by atoms with Crippen LogP contribution in [0.4, 0.5) is 13.2 Å². The number of piperidine rings is 1. The highest BCUT2D eigenvalue weighted by Crippen LogP contribution is 2.30. The number of nitrogens with zero attached hydrogens (tertiary/aromatic N) is 3. The van der Waals surface area contributed by atoms with Gasteiger partial charge in [0.25, 0.3) is 0 Å². The maximum atomic E-state index is 12.7. The lowest BCUT2D eigenvalue weighted by Gasteiger charge is -2.39. The third-order valence-electron chi connectivity index (χ3n) is 5.62. The molecule has 0 spiro atoms. The van der Waals surface area contributed by atoms with E-state index in [0.717, 1.165) is 24.0 Å². The van der Waals surface area contributed by atoms with Crippen molar-refractivity contribution in [2.24, 2.45) is 0 Å². The fourth-order valence-electron chi connectivity index (χ4n) is 3.80. The fourth-order valence-corrected chi connectivity index (χ4v) is 4.57. The molecule has 2 fully saturated rings. The lowest BCUT2D eigenvalue weighted by Crippen LogP contribution is -2.53. The van der Waals surface area contributed by atoms with Crippen molar-refractivity contribution in [1.82, 2.24) is 14.2 Å². The Morgan fingerprint density at radius 2 is 1.91 bits per heavy atom. The van der Waals surface area contributed by atoms with Crippen LogP contribution in [0.5, 0.6) is 5.75 Å². The first-order valence-electron chi connectivity index (χ1n) is 11.3. The number of likely N-dealkylation sites (tertiary alicyclic amines) is 1. The molecule has 0 amide bonds. The van der Waals surface area contributed by atoms with E-state index in [1.807, 2.05) is 0 Å². The summed E-state index contributed by atoms with van der Waals surface area (Å²) < 4.78 is 85.6. The quantitative estimate of drug-likeness (QED) is 0.645. The SMILES string of the molecule is [2H]C1CN(S(C)(=O)=O)CCC1([2H])c1ccc(OC2CN(Cc3ccc(C(F)(F)F)cc3)C2)cn1. The van der Waals surface area contributed by atoms with Crippen LogP contribution in [0.25, 0.3) is 0 Å². The van der Waals surface area contributed by atoms with E-state index in [1.54, 1.807) is 12.1 Å². The molecule has 0 saturated carbocycles. The summed E-state index contributed by atoms with van der Waals surface area (Å²) in [6, 6.07) is 8.49. The van der Waals surface area contributed by atoms with Crippen LogP contribution in [0.1, 0.15) is 38.3 Å². The Bertz CT molecular complexity index is 1110. The number of hydrogen-bond donors (Lipinski definition) is 0. The zero-order chi connectivity index (χ0) is 24.7. The Labute approximate surface area is 188 Å². The van der Waals surface area contributed by atoms with Crippen LogP contribution in [0.2, 0.25) is 0 Å². The van der Waals surface area contributed by atoms with Crippen molar-refractivity contribution >= 4 is 10.0 Å². The highest BCUT2D eigenvalue weighted by atomic mass is 32.2. The average molecular weight is 472 g/mol. The van der Waals surface area contributed by atoms with Gasteiger partial charge in [0.1, 0.15) is 11.9 Å². The van der Waals surface area contributed by atoms with Crippen molar-refractivity contribution in [2.75, 3.05) is 32.4 Å². The molecule has 1 aromatic heterocycles. The summed E-state index contributed by atoms with van der Waals surface area (Å²) in [5, 5.41) is 0. The van der Waals surface area contributed by atoms with E-state index < -0.39 is 34.1 Å². The largest absolute Gasteiger partial charge is 0.486 e. The smallest absolute Gasteiger partial charge is 0.416 e. The summed E-state index contributed by atoms with van der Waals surface area (Å²) in [7, 11) is -3.40. The minimum Gasteiger partial charge on any atom is -0.486 e. The van der Waals surface area contributed by atoms with Crippen LogP contribution < -0.4 is 4.74 Å². The molecule has 2 aliphatic rings. The van der Waals surface area contributed by atoms with E-state index in [9.17, 15) is 21.6 Å². The maximum absolute atomic E-state index is 12.7. The number of aromatic nitrogens is 1. The molecular formula is C22H26F3N3O3S. The molecule has 6 nitrogen and oxygen atoms in total. The van der Waals surface area contributed by atoms with Gasteiger partial charge in [-0.1, -0.05) is 12.1 Å². The molecule has 32 heavy (non-hydrogen) atoms. The average Bonchev–Trinajstić information content (AvgIpc) is 2.73. The van der Waals surface area contributed by atoms with Crippen LogP contribution in [0.15, 0.2) is 42.6 Å². The van der Waals surface area contributed by atoms with Crippen molar-refractivity contribution in [3.63, 3.8) is 0 Å². The van der Waals surface area contributed by atoms with E-state index in [1.165, 1.54) is 22.6 Å². The van der Waals surface area contributed by atoms with Crippen LogP contribution in [0, 0.1) is 0 Å². The first-order valence-corrected chi connectivity index (χ1v) is 12.1. The molecule has 10 heteroatoms. The molecule has 0 radical (unpaired) electrons. The van der Waals surface area contributed by atoms with Crippen molar-refractivity contribution < 1.29 is 29.1 Å². The van der Waals surface area contributed by atoms with Crippen LogP contribution in [-0.4, -0.2) is 61.1 Å². The van der Waals surface area contributed by atoms with Gasteiger partial charge in [0, 0.05) is 47.1 Å². The van der Waals surface area contributed by atoms with Crippen molar-refractivity contribution in [2.45, 2.75) is 37.5 Å². The molecular weight excluding hydrogens is 443 g/mol. The highest BCUT2D eigenvalue weighted by molar-refractivity contribution is 7.88. The Balaban J connectivity index is 1.28. The zero-order valence-corrected chi connectivity index (χ0v) is 18.4. The number of alkyl halides is 3. The normalized spacial score (nSPS) is 26.8. The first kappa shape index (κ1) is 20.4. The summed E-state index contributed by atoms with van der Waals surface area (Å²) in [5.41, 5.74) is 0.541.